The highest BCUT2D eigenvalue weighted by Crippen LogP contribution is 2.32. The molecular weight excluding hydrogens is 594 g/mol. The normalized spacial score (nSPS) is 19.2. The molecule has 0 spiro atoms. The first-order valence-corrected chi connectivity index (χ1v) is 16.7. The molecule has 0 aliphatic carbocycles. The van der Waals surface area contributed by atoms with Gasteiger partial charge in [-0.2, -0.15) is 4.31 Å². The second kappa shape index (κ2) is 15.5. The lowest BCUT2D eigenvalue weighted by molar-refractivity contribution is -0.154. The van der Waals surface area contributed by atoms with Crippen LogP contribution in [0.5, 0.6) is 5.75 Å². The fourth-order valence-corrected chi connectivity index (χ4v) is 7.01. The van der Waals surface area contributed by atoms with E-state index in [2.05, 4.69) is 17.0 Å². The molecule has 0 aromatic heterocycles. The number of nitrogens with zero attached hydrogens (tertiary/aromatic N) is 3. The van der Waals surface area contributed by atoms with Crippen molar-refractivity contribution in [2.45, 2.75) is 30.1 Å². The zero-order chi connectivity index (χ0) is 31.6. The lowest BCUT2D eigenvalue weighted by Crippen LogP contribution is -2.49. The average molecular weight is 636 g/mol. The van der Waals surface area contributed by atoms with Gasteiger partial charge in [-0.15, -0.1) is 0 Å². The smallest absolute Gasteiger partial charge is 0.288 e. The maximum Gasteiger partial charge on any atom is 0.288 e. The molecule has 1 saturated heterocycles. The second-order valence-electron chi connectivity index (χ2n) is 11.1. The Hall–Kier alpha value is -3.74. The third-order valence-corrected chi connectivity index (χ3v) is 10.0. The molecule has 5 rings (SSSR count). The molecule has 0 saturated carbocycles. The number of ether oxygens (including phenoxy) is 3. The van der Waals surface area contributed by atoms with Crippen LogP contribution in [-0.2, 0) is 30.8 Å². The largest absolute Gasteiger partial charge is 0.497 e. The number of sulfonamides is 1. The summed E-state index contributed by atoms with van der Waals surface area (Å²) in [4.78, 5) is 17.9. The molecule has 240 valence electrons. The summed E-state index contributed by atoms with van der Waals surface area (Å²) in [5.41, 5.74) is 2.28. The van der Waals surface area contributed by atoms with E-state index in [1.165, 1.54) is 29.1 Å². The number of aliphatic hydroxyl groups is 1. The summed E-state index contributed by atoms with van der Waals surface area (Å²) in [5.74, 6) is 0.503. The monoisotopic (exact) mass is 635 g/mol. The molecule has 0 unspecified atom stereocenters. The first-order valence-electron chi connectivity index (χ1n) is 15.2. The Kier molecular flexibility index (Phi) is 11.2. The van der Waals surface area contributed by atoms with Crippen molar-refractivity contribution in [3.05, 3.63) is 108 Å². The van der Waals surface area contributed by atoms with Gasteiger partial charge in [0.15, 0.2) is 5.76 Å². The highest BCUT2D eigenvalue weighted by Gasteiger charge is 2.33. The number of carbonyl (C=O) groups excluding carboxylic acids is 1. The minimum atomic E-state index is -3.89. The Labute approximate surface area is 265 Å². The van der Waals surface area contributed by atoms with Crippen molar-refractivity contribution in [2.24, 2.45) is 0 Å². The summed E-state index contributed by atoms with van der Waals surface area (Å²) in [6.45, 7) is 3.14. The number of amides is 1. The number of carbonyl (C=O) groups is 1. The van der Waals surface area contributed by atoms with Crippen molar-refractivity contribution in [1.29, 1.82) is 0 Å². The third kappa shape index (κ3) is 8.50. The molecule has 45 heavy (non-hydrogen) atoms. The molecule has 0 bridgehead atoms. The van der Waals surface area contributed by atoms with Gasteiger partial charge in [-0.05, 0) is 41.5 Å². The van der Waals surface area contributed by atoms with Gasteiger partial charge >= 0.3 is 0 Å². The standard InChI is InChI=1S/C34H41N3O7S/c1-42-30-12-14-31(15-13-30)45(40,41)37(20-22-38)21-23-43-33-25-29(28-10-6-3-7-11-28)24-32(44-33)34(39)36-18-16-35(17-19-36)26-27-8-4-2-5-9-27/h2-15,24,29,33,38H,16-23,25-26H2,1H3/t29-,33+/m0/s1. The first kappa shape index (κ1) is 32.6. The Morgan fingerprint density at radius 1 is 0.933 bits per heavy atom. The van der Waals surface area contributed by atoms with Crippen LogP contribution in [0.25, 0.3) is 0 Å². The molecule has 2 aliphatic rings. The summed E-state index contributed by atoms with van der Waals surface area (Å²) >= 11 is 0. The molecule has 1 amide bonds. The Morgan fingerprint density at radius 2 is 1.60 bits per heavy atom. The SMILES string of the molecule is COc1ccc(S(=O)(=O)N(CCO)CCO[C@H]2C[C@@H](c3ccccc3)C=C(C(=O)N3CCN(Cc4ccccc4)CC3)O2)cc1. The van der Waals surface area contributed by atoms with Gasteiger partial charge in [0.25, 0.3) is 5.91 Å². The van der Waals surface area contributed by atoms with Crippen LogP contribution in [0.1, 0.15) is 23.5 Å². The van der Waals surface area contributed by atoms with Gasteiger partial charge in [0.1, 0.15) is 5.75 Å². The minimum absolute atomic E-state index is 0.00115. The maximum atomic E-state index is 13.7. The van der Waals surface area contributed by atoms with Gasteiger partial charge < -0.3 is 24.2 Å². The van der Waals surface area contributed by atoms with Crippen LogP contribution >= 0.6 is 0 Å². The molecule has 2 aliphatic heterocycles. The van der Waals surface area contributed by atoms with Gasteiger partial charge in [-0.1, -0.05) is 60.7 Å². The second-order valence-corrected chi connectivity index (χ2v) is 13.0. The maximum absolute atomic E-state index is 13.7. The number of rotatable bonds is 13. The summed E-state index contributed by atoms with van der Waals surface area (Å²) in [5, 5.41) is 9.60. The van der Waals surface area contributed by atoms with Crippen LogP contribution < -0.4 is 4.74 Å². The zero-order valence-corrected chi connectivity index (χ0v) is 26.3. The van der Waals surface area contributed by atoms with E-state index >= 15 is 0 Å². The average Bonchev–Trinajstić information content (AvgIpc) is 3.08. The van der Waals surface area contributed by atoms with Crippen LogP contribution in [0.4, 0.5) is 0 Å². The zero-order valence-electron chi connectivity index (χ0n) is 25.5. The Balaban J connectivity index is 1.23. The lowest BCUT2D eigenvalue weighted by atomic mass is 9.93. The van der Waals surface area contributed by atoms with E-state index in [0.717, 1.165) is 25.2 Å². The number of piperazine rings is 1. The molecule has 1 fully saturated rings. The van der Waals surface area contributed by atoms with Crippen molar-refractivity contribution >= 4 is 15.9 Å². The number of allylic oxidation sites excluding steroid dienone is 1. The highest BCUT2D eigenvalue weighted by molar-refractivity contribution is 7.89. The minimum Gasteiger partial charge on any atom is -0.497 e. The fraction of sp³-hybridized carbons (Fsp3) is 0.382. The highest BCUT2D eigenvalue weighted by atomic mass is 32.2. The number of methoxy groups -OCH3 is 1. The van der Waals surface area contributed by atoms with Crippen LogP contribution in [0.15, 0.2) is 102 Å². The quantitative estimate of drug-likeness (QED) is 0.304. The van der Waals surface area contributed by atoms with E-state index in [0.29, 0.717) is 25.3 Å². The van der Waals surface area contributed by atoms with E-state index < -0.39 is 16.3 Å². The summed E-state index contributed by atoms with van der Waals surface area (Å²) < 4.78 is 45.1. The topological polar surface area (TPSA) is 109 Å². The Bertz CT molecular complexity index is 1510. The third-order valence-electron chi connectivity index (χ3n) is 8.10. The molecule has 0 radical (unpaired) electrons. The number of hydrogen-bond donors (Lipinski definition) is 1. The molecule has 2 atom stereocenters. The fourth-order valence-electron chi connectivity index (χ4n) is 5.60. The predicted octanol–water partition coefficient (Wildman–Crippen LogP) is 3.45. The van der Waals surface area contributed by atoms with E-state index in [4.69, 9.17) is 14.2 Å². The molecule has 2 heterocycles. The van der Waals surface area contributed by atoms with Gasteiger partial charge in [0.05, 0.1) is 25.2 Å². The molecule has 3 aromatic rings. The van der Waals surface area contributed by atoms with Crippen LogP contribution in [0.3, 0.4) is 0 Å². The van der Waals surface area contributed by atoms with Crippen molar-refractivity contribution in [3.63, 3.8) is 0 Å². The van der Waals surface area contributed by atoms with Crippen LogP contribution in [0, 0.1) is 0 Å². The van der Waals surface area contributed by atoms with Crippen molar-refractivity contribution < 1.29 is 32.5 Å². The van der Waals surface area contributed by atoms with Crippen molar-refractivity contribution in [2.75, 3.05) is 59.6 Å². The molecule has 10 nitrogen and oxygen atoms in total. The van der Waals surface area contributed by atoms with Crippen LogP contribution in [0.2, 0.25) is 0 Å². The number of aliphatic hydroxyl groups excluding tert-OH is 1. The number of benzene rings is 3. The van der Waals surface area contributed by atoms with Gasteiger partial charge in [0, 0.05) is 58.2 Å². The molecule has 11 heteroatoms. The predicted molar refractivity (Wildman–Crippen MR) is 170 cm³/mol. The van der Waals surface area contributed by atoms with Crippen molar-refractivity contribution in [1.82, 2.24) is 14.1 Å². The Morgan fingerprint density at radius 3 is 2.24 bits per heavy atom. The van der Waals surface area contributed by atoms with Gasteiger partial charge in [-0.25, -0.2) is 8.42 Å². The molecule has 1 N–H and O–H groups in total. The summed E-state index contributed by atoms with van der Waals surface area (Å²) in [6.07, 6.45) is 1.59. The van der Waals surface area contributed by atoms with Crippen molar-refractivity contribution in [3.8, 4) is 5.75 Å². The lowest BCUT2D eigenvalue weighted by Gasteiger charge is -2.36. The van der Waals surface area contributed by atoms with E-state index in [1.807, 2.05) is 59.5 Å². The molecular formula is C34H41N3O7S. The van der Waals surface area contributed by atoms with Crippen LogP contribution in [-0.4, -0.2) is 99.4 Å². The summed E-state index contributed by atoms with van der Waals surface area (Å²) in [7, 11) is -2.38. The first-order chi connectivity index (χ1) is 21.9. The van der Waals surface area contributed by atoms with Gasteiger partial charge in [-0.3, -0.25) is 9.69 Å². The molecule has 3 aromatic carbocycles. The van der Waals surface area contributed by atoms with E-state index in [9.17, 15) is 18.3 Å². The van der Waals surface area contributed by atoms with E-state index in [-0.39, 0.29) is 48.8 Å². The van der Waals surface area contributed by atoms with E-state index in [1.54, 1.807) is 12.1 Å². The van der Waals surface area contributed by atoms with Gasteiger partial charge in [0.2, 0.25) is 16.3 Å². The summed E-state index contributed by atoms with van der Waals surface area (Å²) in [6, 6.07) is 26.3. The number of hydrogen-bond acceptors (Lipinski definition) is 8.